The predicted molar refractivity (Wildman–Crippen MR) is 107 cm³/mol. The molecule has 2 aromatic carbocycles. The molecule has 1 amide bonds. The molecule has 4 nitrogen and oxygen atoms in total. The van der Waals surface area contributed by atoms with Crippen molar-refractivity contribution in [2.75, 3.05) is 10.6 Å². The molecule has 0 saturated heterocycles. The molecule has 0 aliphatic carbocycles. The summed E-state index contributed by atoms with van der Waals surface area (Å²) in [6.07, 6.45) is 3.30. The van der Waals surface area contributed by atoms with E-state index in [9.17, 15) is 4.79 Å². The van der Waals surface area contributed by atoms with E-state index in [0.717, 1.165) is 33.8 Å². The number of rotatable bonds is 4. The van der Waals surface area contributed by atoms with E-state index in [2.05, 4.69) is 41.6 Å². The topological polar surface area (TPSA) is 54.0 Å². The fraction of sp³-hybridized carbons (Fsp3) is 0.182. The molecule has 0 fully saturated rings. The first-order valence-electron chi connectivity index (χ1n) is 8.61. The summed E-state index contributed by atoms with van der Waals surface area (Å²) in [5.41, 5.74) is 7.66. The lowest BCUT2D eigenvalue weighted by atomic mass is 10.1. The maximum atomic E-state index is 12.6. The standard InChI is InChI=1S/C22H23N3O/c1-14-8-9-20(17(4)10-14)25-22(26)18-11-19(13-23-12-18)24-21-15(2)6-5-7-16(21)3/h5-13,24H,1-4H3,(H,25,26). The lowest BCUT2D eigenvalue weighted by molar-refractivity contribution is 0.102. The quantitative estimate of drug-likeness (QED) is 0.673. The molecule has 0 bridgehead atoms. The van der Waals surface area contributed by atoms with Crippen molar-refractivity contribution in [1.29, 1.82) is 0 Å². The summed E-state index contributed by atoms with van der Waals surface area (Å²) >= 11 is 0. The van der Waals surface area contributed by atoms with Crippen LogP contribution in [0.4, 0.5) is 17.1 Å². The summed E-state index contributed by atoms with van der Waals surface area (Å²) in [4.78, 5) is 16.8. The van der Waals surface area contributed by atoms with Crippen LogP contribution in [0.2, 0.25) is 0 Å². The predicted octanol–water partition coefficient (Wildman–Crippen LogP) is 5.31. The van der Waals surface area contributed by atoms with Gasteiger partial charge < -0.3 is 10.6 Å². The SMILES string of the molecule is Cc1ccc(NC(=O)c2cncc(Nc3c(C)cccc3C)c2)c(C)c1. The second-order valence-electron chi connectivity index (χ2n) is 6.63. The maximum Gasteiger partial charge on any atom is 0.257 e. The minimum atomic E-state index is -0.172. The van der Waals surface area contributed by atoms with Gasteiger partial charge in [0, 0.05) is 17.6 Å². The average Bonchev–Trinajstić information content (AvgIpc) is 2.61. The summed E-state index contributed by atoms with van der Waals surface area (Å²) in [5, 5.41) is 6.34. The monoisotopic (exact) mass is 345 g/mol. The third-order valence-electron chi connectivity index (χ3n) is 4.38. The number of amides is 1. The van der Waals surface area contributed by atoms with Gasteiger partial charge in [0.1, 0.15) is 0 Å². The Morgan fingerprint density at radius 1 is 0.885 bits per heavy atom. The number of anilines is 3. The molecule has 0 aliphatic heterocycles. The van der Waals surface area contributed by atoms with Gasteiger partial charge in [-0.3, -0.25) is 9.78 Å². The molecule has 0 saturated carbocycles. The Balaban J connectivity index is 1.81. The van der Waals surface area contributed by atoms with Gasteiger partial charge in [-0.1, -0.05) is 35.9 Å². The highest BCUT2D eigenvalue weighted by Crippen LogP contribution is 2.24. The van der Waals surface area contributed by atoms with Crippen LogP contribution in [0.15, 0.2) is 54.9 Å². The van der Waals surface area contributed by atoms with Crippen LogP contribution in [-0.4, -0.2) is 10.9 Å². The molecule has 0 unspecified atom stereocenters. The van der Waals surface area contributed by atoms with E-state index in [1.54, 1.807) is 12.4 Å². The van der Waals surface area contributed by atoms with Crippen molar-refractivity contribution in [2.45, 2.75) is 27.7 Å². The van der Waals surface area contributed by atoms with Crippen molar-refractivity contribution in [3.63, 3.8) is 0 Å². The van der Waals surface area contributed by atoms with Crippen LogP contribution in [0.25, 0.3) is 0 Å². The fourth-order valence-electron chi connectivity index (χ4n) is 2.94. The minimum Gasteiger partial charge on any atom is -0.354 e. The van der Waals surface area contributed by atoms with E-state index in [1.165, 1.54) is 5.56 Å². The molecule has 1 heterocycles. The van der Waals surface area contributed by atoms with Crippen molar-refractivity contribution < 1.29 is 4.79 Å². The second kappa shape index (κ2) is 7.40. The summed E-state index contributed by atoms with van der Waals surface area (Å²) in [7, 11) is 0. The van der Waals surface area contributed by atoms with Crippen LogP contribution in [0.5, 0.6) is 0 Å². The van der Waals surface area contributed by atoms with Crippen LogP contribution in [0.1, 0.15) is 32.6 Å². The van der Waals surface area contributed by atoms with Crippen molar-refractivity contribution in [3.05, 3.63) is 82.7 Å². The van der Waals surface area contributed by atoms with E-state index in [1.807, 2.05) is 44.2 Å². The van der Waals surface area contributed by atoms with E-state index in [-0.39, 0.29) is 5.91 Å². The van der Waals surface area contributed by atoms with Gasteiger partial charge in [0.05, 0.1) is 17.4 Å². The molecule has 0 radical (unpaired) electrons. The number of carbonyl (C=O) groups is 1. The van der Waals surface area contributed by atoms with Crippen molar-refractivity contribution in [1.82, 2.24) is 4.98 Å². The summed E-state index contributed by atoms with van der Waals surface area (Å²) in [5.74, 6) is -0.172. The highest BCUT2D eigenvalue weighted by atomic mass is 16.1. The Labute approximate surface area is 154 Å². The number of hydrogen-bond acceptors (Lipinski definition) is 3. The summed E-state index contributed by atoms with van der Waals surface area (Å²) in [6.45, 7) is 8.13. The Hall–Kier alpha value is -3.14. The van der Waals surface area contributed by atoms with Crippen LogP contribution in [0.3, 0.4) is 0 Å². The van der Waals surface area contributed by atoms with E-state index in [4.69, 9.17) is 0 Å². The molecular formula is C22H23N3O. The van der Waals surface area contributed by atoms with Crippen LogP contribution in [-0.2, 0) is 0 Å². The lowest BCUT2D eigenvalue weighted by Crippen LogP contribution is -2.13. The third kappa shape index (κ3) is 3.91. The first-order valence-corrected chi connectivity index (χ1v) is 8.61. The Morgan fingerprint density at radius 2 is 1.62 bits per heavy atom. The van der Waals surface area contributed by atoms with Gasteiger partial charge in [0.2, 0.25) is 0 Å². The summed E-state index contributed by atoms with van der Waals surface area (Å²) in [6, 6.07) is 13.9. The van der Waals surface area contributed by atoms with Gasteiger partial charge in [-0.05, 0) is 56.5 Å². The van der Waals surface area contributed by atoms with Crippen LogP contribution >= 0.6 is 0 Å². The Morgan fingerprint density at radius 3 is 2.31 bits per heavy atom. The number of carbonyl (C=O) groups excluding carboxylic acids is 1. The van der Waals surface area contributed by atoms with Crippen molar-refractivity contribution >= 4 is 23.0 Å². The second-order valence-corrected chi connectivity index (χ2v) is 6.63. The zero-order chi connectivity index (χ0) is 18.7. The highest BCUT2D eigenvalue weighted by Gasteiger charge is 2.10. The largest absolute Gasteiger partial charge is 0.354 e. The molecule has 3 aromatic rings. The first kappa shape index (κ1) is 17.7. The summed E-state index contributed by atoms with van der Waals surface area (Å²) < 4.78 is 0. The number of nitrogens with one attached hydrogen (secondary N) is 2. The molecule has 3 rings (SSSR count). The molecule has 0 spiro atoms. The van der Waals surface area contributed by atoms with Gasteiger partial charge in [0.25, 0.3) is 5.91 Å². The number of nitrogens with zero attached hydrogens (tertiary/aromatic N) is 1. The zero-order valence-corrected chi connectivity index (χ0v) is 15.6. The van der Waals surface area contributed by atoms with E-state index < -0.39 is 0 Å². The van der Waals surface area contributed by atoms with Crippen molar-refractivity contribution in [2.24, 2.45) is 0 Å². The highest BCUT2D eigenvalue weighted by molar-refractivity contribution is 6.05. The molecular weight excluding hydrogens is 322 g/mol. The molecule has 132 valence electrons. The molecule has 1 aromatic heterocycles. The first-order chi connectivity index (χ1) is 12.4. The van der Waals surface area contributed by atoms with Gasteiger partial charge >= 0.3 is 0 Å². The number of pyridine rings is 1. The number of aryl methyl sites for hydroxylation is 4. The number of para-hydroxylation sites is 1. The van der Waals surface area contributed by atoms with Gasteiger partial charge in [0.15, 0.2) is 0 Å². The normalized spacial score (nSPS) is 10.5. The molecule has 0 aliphatic rings. The molecule has 4 heteroatoms. The van der Waals surface area contributed by atoms with Gasteiger partial charge in [-0.25, -0.2) is 0 Å². The van der Waals surface area contributed by atoms with E-state index in [0.29, 0.717) is 5.56 Å². The minimum absolute atomic E-state index is 0.172. The third-order valence-corrected chi connectivity index (χ3v) is 4.38. The lowest BCUT2D eigenvalue weighted by Gasteiger charge is -2.13. The number of aromatic nitrogens is 1. The smallest absolute Gasteiger partial charge is 0.257 e. The Kier molecular flexibility index (Phi) is 5.03. The van der Waals surface area contributed by atoms with Gasteiger partial charge in [-0.15, -0.1) is 0 Å². The molecule has 0 atom stereocenters. The molecule has 2 N–H and O–H groups in total. The van der Waals surface area contributed by atoms with Crippen LogP contribution < -0.4 is 10.6 Å². The maximum absolute atomic E-state index is 12.6. The van der Waals surface area contributed by atoms with Gasteiger partial charge in [-0.2, -0.15) is 0 Å². The fourth-order valence-corrected chi connectivity index (χ4v) is 2.94. The number of benzene rings is 2. The van der Waals surface area contributed by atoms with Crippen LogP contribution in [0, 0.1) is 27.7 Å². The van der Waals surface area contributed by atoms with E-state index >= 15 is 0 Å². The Bertz CT molecular complexity index is 943. The zero-order valence-electron chi connectivity index (χ0n) is 15.6. The van der Waals surface area contributed by atoms with Crippen molar-refractivity contribution in [3.8, 4) is 0 Å². The number of hydrogen-bond donors (Lipinski definition) is 2. The average molecular weight is 345 g/mol. The molecule has 26 heavy (non-hydrogen) atoms.